The number of ether oxygens (including phenoxy) is 6. The molecule has 0 saturated carbocycles. The van der Waals surface area contributed by atoms with E-state index >= 15 is 0 Å². The van der Waals surface area contributed by atoms with E-state index in [9.17, 15) is 28.8 Å². The number of fused-ring (bicyclic) bond motifs is 6. The first-order chi connectivity index (χ1) is 22.3. The van der Waals surface area contributed by atoms with Crippen LogP contribution in [0.4, 0.5) is 0 Å². The third-order valence-electron chi connectivity index (χ3n) is 7.46. The number of hydroxylamine groups is 2. The Morgan fingerprint density at radius 3 is 1.77 bits per heavy atom. The summed E-state index contributed by atoms with van der Waals surface area (Å²) in [5.41, 5.74) is -2.05. The maximum Gasteiger partial charge on any atom is 0.363 e. The third-order valence-corrected chi connectivity index (χ3v) is 8.15. The highest BCUT2D eigenvalue weighted by molar-refractivity contribution is 6.35. The molecule has 0 aromatic heterocycles. The summed E-state index contributed by atoms with van der Waals surface area (Å²) in [6.45, 7) is 2.28. The van der Waals surface area contributed by atoms with Gasteiger partial charge in [-0.05, 0) is 30.3 Å². The highest BCUT2D eigenvalue weighted by Gasteiger charge is 2.56. The van der Waals surface area contributed by atoms with E-state index in [-0.39, 0.29) is 85.2 Å². The van der Waals surface area contributed by atoms with E-state index in [0.717, 1.165) is 13.8 Å². The summed E-state index contributed by atoms with van der Waals surface area (Å²) in [5.74, 6) is -5.77. The lowest BCUT2D eigenvalue weighted by Gasteiger charge is -2.38. The Morgan fingerprint density at radius 1 is 0.787 bits per heavy atom. The van der Waals surface area contributed by atoms with Crippen LogP contribution < -0.4 is 23.7 Å². The van der Waals surface area contributed by atoms with Crippen molar-refractivity contribution in [2.75, 3.05) is 14.2 Å². The van der Waals surface area contributed by atoms with Gasteiger partial charge in [-0.1, -0.05) is 23.2 Å². The van der Waals surface area contributed by atoms with Crippen LogP contribution in [-0.2, 0) is 34.4 Å². The molecule has 2 amide bonds. The summed E-state index contributed by atoms with van der Waals surface area (Å²) >= 11 is 13.5. The fraction of sp³-hybridized carbons (Fsp3) is 0.226. The van der Waals surface area contributed by atoms with Gasteiger partial charge in [0.05, 0.1) is 36.5 Å². The molecule has 3 aliphatic heterocycles. The minimum atomic E-state index is -2.01. The minimum Gasteiger partial charge on any atom is -0.493 e. The van der Waals surface area contributed by atoms with Crippen LogP contribution in [0.2, 0.25) is 10.0 Å². The van der Waals surface area contributed by atoms with E-state index < -0.39 is 41.3 Å². The lowest BCUT2D eigenvalue weighted by Crippen LogP contribution is -2.34. The van der Waals surface area contributed by atoms with E-state index in [1.54, 1.807) is 0 Å². The number of methoxy groups -OCH3 is 2. The van der Waals surface area contributed by atoms with Gasteiger partial charge in [-0.15, -0.1) is 5.06 Å². The first-order valence-electron chi connectivity index (χ1n) is 13.6. The van der Waals surface area contributed by atoms with Crippen molar-refractivity contribution >= 4 is 58.9 Å². The van der Waals surface area contributed by atoms with Crippen molar-refractivity contribution in [3.63, 3.8) is 0 Å². The van der Waals surface area contributed by atoms with Gasteiger partial charge in [0.1, 0.15) is 10.0 Å². The standard InChI is InChI=1S/C31H21Cl2NO13/c1-12(35)43-27-19(41-3)10-17-25(23(27)32)45-26-18(11-20(42-4)28(24(26)33)44-13(2)36)31(17)16-9-14(5-6-15(16)30(40)46-31)29(39)47-34-21(37)7-8-22(34)38/h5-6,9-11H,7-8H2,1-4H3. The minimum absolute atomic E-state index is 0.00743. The third kappa shape index (κ3) is 4.87. The Labute approximate surface area is 274 Å². The molecule has 16 heteroatoms. The van der Waals surface area contributed by atoms with Gasteiger partial charge >= 0.3 is 23.9 Å². The topological polar surface area (TPSA) is 170 Å². The van der Waals surface area contributed by atoms with Gasteiger partial charge in [-0.2, -0.15) is 0 Å². The first-order valence-corrected chi connectivity index (χ1v) is 14.4. The summed E-state index contributed by atoms with van der Waals surface area (Å²) < 4.78 is 33.9. The quantitative estimate of drug-likeness (QED) is 0.200. The molecule has 3 aromatic carbocycles. The Balaban J connectivity index is 1.65. The largest absolute Gasteiger partial charge is 0.493 e. The van der Waals surface area contributed by atoms with Crippen LogP contribution in [-0.4, -0.2) is 55.0 Å². The van der Waals surface area contributed by atoms with Crippen molar-refractivity contribution < 1.29 is 62.0 Å². The average molecular weight is 686 g/mol. The van der Waals surface area contributed by atoms with Crippen LogP contribution in [0.25, 0.3) is 0 Å². The van der Waals surface area contributed by atoms with Gasteiger partial charge in [0.15, 0.2) is 40.1 Å². The van der Waals surface area contributed by atoms with E-state index in [1.807, 2.05) is 0 Å². The number of carbonyl (C=O) groups is 6. The van der Waals surface area contributed by atoms with Gasteiger partial charge in [0.25, 0.3) is 11.8 Å². The maximum atomic E-state index is 13.6. The lowest BCUT2D eigenvalue weighted by atomic mass is 9.77. The Morgan fingerprint density at radius 2 is 1.30 bits per heavy atom. The van der Waals surface area contributed by atoms with Crippen LogP contribution in [0, 0.1) is 0 Å². The van der Waals surface area contributed by atoms with Crippen LogP contribution in [0.5, 0.6) is 34.5 Å². The SMILES string of the molecule is COc1cc2c(c(Cl)c1OC(C)=O)Oc1c(cc(OC)c(OC(C)=O)c1Cl)C21OC(=O)c2ccc(C(=O)ON3C(=O)CCC3=O)cc21. The molecule has 6 rings (SSSR count). The maximum absolute atomic E-state index is 13.6. The fourth-order valence-electron chi connectivity index (χ4n) is 5.52. The first kappa shape index (κ1) is 31.6. The lowest BCUT2D eigenvalue weighted by molar-refractivity contribution is -0.172. The zero-order valence-corrected chi connectivity index (χ0v) is 26.3. The number of hydrogen-bond donors (Lipinski definition) is 0. The number of imide groups is 1. The average Bonchev–Trinajstić information content (AvgIpc) is 3.50. The van der Waals surface area contributed by atoms with Crippen molar-refractivity contribution in [3.8, 4) is 34.5 Å². The van der Waals surface area contributed by atoms with Gasteiger partial charge in [0.2, 0.25) is 0 Å². The van der Waals surface area contributed by atoms with Crippen molar-refractivity contribution in [1.29, 1.82) is 0 Å². The second kappa shape index (κ2) is 11.5. The number of rotatable bonds is 6. The predicted octanol–water partition coefficient (Wildman–Crippen LogP) is 4.65. The molecule has 1 saturated heterocycles. The highest BCUT2D eigenvalue weighted by atomic mass is 35.5. The van der Waals surface area contributed by atoms with Gasteiger partial charge in [-0.3, -0.25) is 19.2 Å². The monoisotopic (exact) mass is 685 g/mol. The number of amides is 2. The van der Waals surface area contributed by atoms with Crippen molar-refractivity contribution in [2.45, 2.75) is 32.3 Å². The van der Waals surface area contributed by atoms with E-state index in [0.29, 0.717) is 5.06 Å². The summed E-state index contributed by atoms with van der Waals surface area (Å²) in [7, 11) is 2.56. The smallest absolute Gasteiger partial charge is 0.363 e. The summed E-state index contributed by atoms with van der Waals surface area (Å²) in [4.78, 5) is 80.1. The number of halogens is 2. The Kier molecular flexibility index (Phi) is 7.72. The van der Waals surface area contributed by atoms with Gasteiger partial charge in [-0.25, -0.2) is 9.59 Å². The number of nitrogens with zero attached hydrogens (tertiary/aromatic N) is 1. The molecule has 3 aromatic rings. The number of hydrogen-bond acceptors (Lipinski definition) is 13. The number of benzene rings is 3. The molecule has 47 heavy (non-hydrogen) atoms. The van der Waals surface area contributed by atoms with Crippen molar-refractivity contribution in [2.24, 2.45) is 0 Å². The zero-order chi connectivity index (χ0) is 33.9. The summed E-state index contributed by atoms with van der Waals surface area (Å²) in [6.07, 6.45) is -0.240. The van der Waals surface area contributed by atoms with Crippen LogP contribution in [0.1, 0.15) is 64.1 Å². The van der Waals surface area contributed by atoms with Crippen molar-refractivity contribution in [1.82, 2.24) is 5.06 Å². The highest BCUT2D eigenvalue weighted by Crippen LogP contribution is 2.63. The van der Waals surface area contributed by atoms with E-state index in [4.69, 9.17) is 56.5 Å². The molecule has 1 spiro atoms. The van der Waals surface area contributed by atoms with Gasteiger partial charge in [0, 0.05) is 32.3 Å². The molecule has 1 fully saturated rings. The fourth-order valence-corrected chi connectivity index (χ4v) is 6.06. The molecule has 0 unspecified atom stereocenters. The molecule has 0 aliphatic carbocycles. The molecule has 14 nitrogen and oxygen atoms in total. The summed E-state index contributed by atoms with van der Waals surface area (Å²) in [5, 5.41) is -0.188. The van der Waals surface area contributed by atoms with E-state index in [2.05, 4.69) is 0 Å². The molecular weight excluding hydrogens is 665 g/mol. The molecule has 242 valence electrons. The zero-order valence-electron chi connectivity index (χ0n) is 24.8. The number of carbonyl (C=O) groups excluding carboxylic acids is 6. The normalized spacial score (nSPS) is 15.3. The second-order valence-electron chi connectivity index (χ2n) is 10.3. The van der Waals surface area contributed by atoms with Crippen LogP contribution >= 0.6 is 23.2 Å². The molecule has 0 bridgehead atoms. The predicted molar refractivity (Wildman–Crippen MR) is 157 cm³/mol. The van der Waals surface area contributed by atoms with E-state index in [1.165, 1.54) is 44.6 Å². The molecule has 0 atom stereocenters. The molecule has 3 aliphatic rings. The molecule has 3 heterocycles. The number of esters is 3. The molecular formula is C31H21Cl2NO13. The Bertz CT molecular complexity index is 1880. The summed E-state index contributed by atoms with van der Waals surface area (Å²) in [6, 6.07) is 6.54. The second-order valence-corrected chi connectivity index (χ2v) is 11.0. The van der Waals surface area contributed by atoms with Crippen LogP contribution in [0.15, 0.2) is 30.3 Å². The van der Waals surface area contributed by atoms with Crippen LogP contribution in [0.3, 0.4) is 0 Å². The molecule has 0 radical (unpaired) electrons. The van der Waals surface area contributed by atoms with Gasteiger partial charge < -0.3 is 33.3 Å². The molecule has 0 N–H and O–H groups in total. The van der Waals surface area contributed by atoms with Crippen molar-refractivity contribution in [3.05, 3.63) is 68.2 Å². The Hall–Kier alpha value is -5.34.